The van der Waals surface area contributed by atoms with Gasteiger partial charge in [0.1, 0.15) is 0 Å². The number of hydrogen-bond donors (Lipinski definition) is 1. The summed E-state index contributed by atoms with van der Waals surface area (Å²) in [6, 6.07) is 15.7. The third-order valence-electron chi connectivity index (χ3n) is 3.42. The molecule has 1 nitrogen and oxygen atoms in total. The van der Waals surface area contributed by atoms with E-state index in [4.69, 9.17) is 28.9 Å². The van der Waals surface area contributed by atoms with E-state index in [2.05, 4.69) is 19.1 Å². The molecule has 2 rings (SSSR count). The van der Waals surface area contributed by atoms with E-state index < -0.39 is 0 Å². The molecule has 0 heterocycles. The summed E-state index contributed by atoms with van der Waals surface area (Å²) < 4.78 is 0. The van der Waals surface area contributed by atoms with Crippen molar-refractivity contribution in [2.24, 2.45) is 5.73 Å². The zero-order valence-electron chi connectivity index (χ0n) is 10.8. The molecule has 3 heteroatoms. The zero-order chi connectivity index (χ0) is 13.8. The Morgan fingerprint density at radius 2 is 1.74 bits per heavy atom. The lowest BCUT2D eigenvalue weighted by molar-refractivity contribution is 0.539. The first-order chi connectivity index (χ1) is 9.13. The summed E-state index contributed by atoms with van der Waals surface area (Å²) in [5, 5.41) is 1.27. The molecule has 2 aromatic rings. The van der Waals surface area contributed by atoms with E-state index in [1.807, 2.05) is 30.3 Å². The van der Waals surface area contributed by atoms with Crippen molar-refractivity contribution in [1.82, 2.24) is 0 Å². The summed E-state index contributed by atoms with van der Waals surface area (Å²) >= 11 is 12.2. The van der Waals surface area contributed by atoms with Crippen molar-refractivity contribution in [3.8, 4) is 0 Å². The second-order valence-electron chi connectivity index (χ2n) is 4.62. The molecule has 0 fully saturated rings. The second kappa shape index (κ2) is 6.42. The first kappa shape index (κ1) is 14.4. The monoisotopic (exact) mass is 293 g/mol. The maximum absolute atomic E-state index is 6.41. The highest BCUT2D eigenvalue weighted by atomic mass is 35.5. The predicted molar refractivity (Wildman–Crippen MR) is 82.9 cm³/mol. The van der Waals surface area contributed by atoms with Crippen LogP contribution in [0.2, 0.25) is 10.0 Å². The van der Waals surface area contributed by atoms with Gasteiger partial charge in [0.05, 0.1) is 0 Å². The molecule has 0 aliphatic rings. The molecule has 0 bridgehead atoms. The third-order valence-corrected chi connectivity index (χ3v) is 3.99. The second-order valence-corrected chi connectivity index (χ2v) is 5.46. The highest BCUT2D eigenvalue weighted by molar-refractivity contribution is 6.35. The van der Waals surface area contributed by atoms with Crippen molar-refractivity contribution in [3.63, 3.8) is 0 Å². The minimum atomic E-state index is -0.128. The van der Waals surface area contributed by atoms with Crippen LogP contribution in [0.4, 0.5) is 0 Å². The molecule has 100 valence electrons. The van der Waals surface area contributed by atoms with Crippen LogP contribution in [0.15, 0.2) is 48.5 Å². The minimum absolute atomic E-state index is 0.128. The summed E-state index contributed by atoms with van der Waals surface area (Å²) in [6.07, 6.45) is 0.962. The van der Waals surface area contributed by atoms with Gasteiger partial charge in [-0.25, -0.2) is 0 Å². The molecule has 0 saturated heterocycles. The van der Waals surface area contributed by atoms with Gasteiger partial charge in [-0.15, -0.1) is 0 Å². The van der Waals surface area contributed by atoms with Crippen molar-refractivity contribution in [2.75, 3.05) is 0 Å². The van der Waals surface area contributed by atoms with Crippen LogP contribution in [0.25, 0.3) is 0 Å². The Balaban J connectivity index is 2.33. The Morgan fingerprint density at radius 3 is 2.32 bits per heavy atom. The Bertz CT molecular complexity index is 540. The van der Waals surface area contributed by atoms with E-state index in [-0.39, 0.29) is 12.0 Å². The normalized spacial score (nSPS) is 14.1. The largest absolute Gasteiger partial charge is 0.323 e. The lowest BCUT2D eigenvalue weighted by Crippen LogP contribution is -2.19. The Labute approximate surface area is 124 Å². The van der Waals surface area contributed by atoms with Crippen LogP contribution in [0.1, 0.15) is 36.4 Å². The van der Waals surface area contributed by atoms with E-state index in [1.165, 1.54) is 5.56 Å². The summed E-state index contributed by atoms with van der Waals surface area (Å²) in [5.74, 6) is 0.250. The number of nitrogens with two attached hydrogens (primary N) is 1. The van der Waals surface area contributed by atoms with E-state index in [0.29, 0.717) is 10.0 Å². The fraction of sp³-hybridized carbons (Fsp3) is 0.250. The van der Waals surface area contributed by atoms with Crippen molar-refractivity contribution < 1.29 is 0 Å². The van der Waals surface area contributed by atoms with Gasteiger partial charge in [-0.1, -0.05) is 66.5 Å². The lowest BCUT2D eigenvalue weighted by atomic mass is 9.86. The molecule has 19 heavy (non-hydrogen) atoms. The van der Waals surface area contributed by atoms with Gasteiger partial charge < -0.3 is 5.73 Å². The Morgan fingerprint density at radius 1 is 1.05 bits per heavy atom. The van der Waals surface area contributed by atoms with Gasteiger partial charge in [0.25, 0.3) is 0 Å². The quantitative estimate of drug-likeness (QED) is 0.825. The number of halogens is 2. The summed E-state index contributed by atoms with van der Waals surface area (Å²) in [6.45, 7) is 2.14. The van der Waals surface area contributed by atoms with Gasteiger partial charge in [0, 0.05) is 22.0 Å². The molecule has 0 aromatic heterocycles. The van der Waals surface area contributed by atoms with E-state index in [1.54, 1.807) is 6.07 Å². The van der Waals surface area contributed by atoms with Crippen LogP contribution in [0, 0.1) is 0 Å². The zero-order valence-corrected chi connectivity index (χ0v) is 12.3. The topological polar surface area (TPSA) is 26.0 Å². The van der Waals surface area contributed by atoms with Gasteiger partial charge in [-0.2, -0.15) is 0 Å². The fourth-order valence-corrected chi connectivity index (χ4v) is 2.92. The molecule has 2 atom stereocenters. The molecule has 0 saturated carbocycles. The average molecular weight is 294 g/mol. The smallest absolute Gasteiger partial charge is 0.0468 e. The molecule has 0 amide bonds. The van der Waals surface area contributed by atoms with Gasteiger partial charge in [-0.3, -0.25) is 0 Å². The van der Waals surface area contributed by atoms with Crippen molar-refractivity contribution >= 4 is 23.2 Å². The molecule has 0 spiro atoms. The standard InChI is InChI=1S/C16H17Cl2N/c1-2-13(11-6-4-3-5-7-11)16(19)14-9-8-12(17)10-15(14)18/h3-10,13,16H,2,19H2,1H3. The van der Waals surface area contributed by atoms with Crippen LogP contribution >= 0.6 is 23.2 Å². The number of benzene rings is 2. The van der Waals surface area contributed by atoms with Crippen LogP contribution in [-0.4, -0.2) is 0 Å². The molecule has 2 unspecified atom stereocenters. The average Bonchev–Trinajstić information content (AvgIpc) is 2.40. The molecule has 0 aliphatic carbocycles. The Hall–Kier alpha value is -1.02. The Kier molecular flexibility index (Phi) is 4.87. The molecular formula is C16H17Cl2N. The lowest BCUT2D eigenvalue weighted by Gasteiger charge is -2.24. The van der Waals surface area contributed by atoms with E-state index >= 15 is 0 Å². The van der Waals surface area contributed by atoms with Crippen LogP contribution in [-0.2, 0) is 0 Å². The fourth-order valence-electron chi connectivity index (χ4n) is 2.39. The van der Waals surface area contributed by atoms with E-state index in [9.17, 15) is 0 Å². The highest BCUT2D eigenvalue weighted by Crippen LogP contribution is 2.35. The van der Waals surface area contributed by atoms with Crippen molar-refractivity contribution in [1.29, 1.82) is 0 Å². The van der Waals surface area contributed by atoms with Gasteiger partial charge in [-0.05, 0) is 29.7 Å². The summed E-state index contributed by atoms with van der Waals surface area (Å²) in [4.78, 5) is 0. The summed E-state index contributed by atoms with van der Waals surface area (Å²) in [7, 11) is 0. The van der Waals surface area contributed by atoms with Gasteiger partial charge in [0.15, 0.2) is 0 Å². The predicted octanol–water partition coefficient (Wildman–Crippen LogP) is 5.19. The van der Waals surface area contributed by atoms with E-state index in [0.717, 1.165) is 12.0 Å². The van der Waals surface area contributed by atoms with Gasteiger partial charge >= 0.3 is 0 Å². The van der Waals surface area contributed by atoms with Crippen LogP contribution < -0.4 is 5.73 Å². The van der Waals surface area contributed by atoms with Crippen molar-refractivity contribution in [3.05, 3.63) is 69.7 Å². The molecular weight excluding hydrogens is 277 g/mol. The van der Waals surface area contributed by atoms with Crippen LogP contribution in [0.3, 0.4) is 0 Å². The number of hydrogen-bond acceptors (Lipinski definition) is 1. The maximum Gasteiger partial charge on any atom is 0.0468 e. The highest BCUT2D eigenvalue weighted by Gasteiger charge is 2.21. The van der Waals surface area contributed by atoms with Crippen LogP contribution in [0.5, 0.6) is 0 Å². The minimum Gasteiger partial charge on any atom is -0.323 e. The first-order valence-corrected chi connectivity index (χ1v) is 7.14. The molecule has 2 N–H and O–H groups in total. The third kappa shape index (κ3) is 3.30. The summed E-state index contributed by atoms with van der Waals surface area (Å²) in [5.41, 5.74) is 8.59. The molecule has 2 aromatic carbocycles. The maximum atomic E-state index is 6.41. The van der Waals surface area contributed by atoms with Gasteiger partial charge in [0.2, 0.25) is 0 Å². The molecule has 0 aliphatic heterocycles. The SMILES string of the molecule is CCC(c1ccccc1)C(N)c1ccc(Cl)cc1Cl. The van der Waals surface area contributed by atoms with Crippen molar-refractivity contribution in [2.45, 2.75) is 25.3 Å². The first-order valence-electron chi connectivity index (χ1n) is 6.39. The molecule has 0 radical (unpaired) electrons. The number of rotatable bonds is 4.